The molecular weight excluding hydrogens is 376 g/mol. The average Bonchev–Trinajstić information content (AvgIpc) is 2.64. The number of benzene rings is 2. The molecule has 0 radical (unpaired) electrons. The molecule has 0 aromatic heterocycles. The minimum atomic E-state index is -0.604. The Morgan fingerprint density at radius 3 is 2.41 bits per heavy atom. The highest BCUT2D eigenvalue weighted by atomic mass is 19.1. The number of allylic oxidation sites excluding steroid dienone is 1. The minimum Gasteiger partial charge on any atom is -0.460 e. The van der Waals surface area contributed by atoms with Crippen LogP contribution in [0.4, 0.5) is 8.78 Å². The van der Waals surface area contributed by atoms with E-state index in [0.717, 1.165) is 0 Å². The third kappa shape index (κ3) is 4.70. The van der Waals surface area contributed by atoms with Crippen LogP contribution >= 0.6 is 0 Å². The third-order valence-corrected chi connectivity index (χ3v) is 4.87. The van der Waals surface area contributed by atoms with E-state index in [1.807, 2.05) is 0 Å². The van der Waals surface area contributed by atoms with Crippen LogP contribution in [0.25, 0.3) is 0 Å². The zero-order valence-electron chi connectivity index (χ0n) is 16.6. The molecule has 1 atom stereocenters. The fourth-order valence-corrected chi connectivity index (χ4v) is 3.57. The lowest BCUT2D eigenvalue weighted by atomic mass is 9.83. The molecule has 0 bridgehead atoms. The molecule has 3 rings (SSSR count). The van der Waals surface area contributed by atoms with Crippen molar-refractivity contribution in [3.63, 3.8) is 0 Å². The number of ether oxygens (including phenoxy) is 1. The fourth-order valence-electron chi connectivity index (χ4n) is 3.57. The van der Waals surface area contributed by atoms with Crippen LogP contribution in [0, 0.1) is 11.6 Å². The molecule has 2 aromatic rings. The molecule has 1 amide bonds. The topological polar surface area (TPSA) is 46.6 Å². The first-order chi connectivity index (χ1) is 13.8. The maximum absolute atomic E-state index is 13.8. The van der Waals surface area contributed by atoms with Crippen molar-refractivity contribution in [3.8, 4) is 0 Å². The molecule has 1 unspecified atom stereocenters. The number of rotatable bonds is 5. The van der Waals surface area contributed by atoms with E-state index in [-0.39, 0.29) is 25.0 Å². The van der Waals surface area contributed by atoms with Gasteiger partial charge in [-0.2, -0.15) is 0 Å². The summed E-state index contributed by atoms with van der Waals surface area (Å²) in [6, 6.07) is 11.9. The van der Waals surface area contributed by atoms with Gasteiger partial charge in [-0.3, -0.25) is 4.79 Å². The van der Waals surface area contributed by atoms with Crippen molar-refractivity contribution in [2.45, 2.75) is 45.8 Å². The molecule has 0 fully saturated rings. The third-order valence-electron chi connectivity index (χ3n) is 4.87. The number of amides is 1. The summed E-state index contributed by atoms with van der Waals surface area (Å²) in [6.07, 6.45) is -0.344. The smallest absolute Gasteiger partial charge is 0.336 e. The summed E-state index contributed by atoms with van der Waals surface area (Å²) in [7, 11) is 0. The van der Waals surface area contributed by atoms with E-state index >= 15 is 0 Å². The second-order valence-electron chi connectivity index (χ2n) is 7.37. The predicted octanol–water partition coefficient (Wildman–Crippen LogP) is 4.71. The number of hydrogen-bond acceptors (Lipinski definition) is 3. The molecule has 1 aliphatic heterocycles. The van der Waals surface area contributed by atoms with Gasteiger partial charge in [0.2, 0.25) is 5.91 Å². The summed E-state index contributed by atoms with van der Waals surface area (Å²) in [5.41, 5.74) is 1.91. The van der Waals surface area contributed by atoms with E-state index in [0.29, 0.717) is 22.4 Å². The number of esters is 1. The van der Waals surface area contributed by atoms with Gasteiger partial charge in [-0.15, -0.1) is 0 Å². The molecule has 0 spiro atoms. The summed E-state index contributed by atoms with van der Waals surface area (Å²) in [4.78, 5) is 27.2. The first kappa shape index (κ1) is 20.7. The number of carbonyl (C=O) groups is 2. The minimum absolute atomic E-state index is 0.00135. The van der Waals surface area contributed by atoms with E-state index < -0.39 is 23.5 Å². The first-order valence-electron chi connectivity index (χ1n) is 9.48. The predicted molar refractivity (Wildman–Crippen MR) is 105 cm³/mol. The molecular formula is C23H23F2NO3. The molecule has 1 heterocycles. The van der Waals surface area contributed by atoms with E-state index in [1.54, 1.807) is 45.0 Å². The Bertz CT molecular complexity index is 968. The largest absolute Gasteiger partial charge is 0.460 e. The molecule has 1 aliphatic rings. The summed E-state index contributed by atoms with van der Waals surface area (Å²) in [6.45, 7) is 5.28. The quantitative estimate of drug-likeness (QED) is 0.685. The molecule has 4 nitrogen and oxygen atoms in total. The monoisotopic (exact) mass is 399 g/mol. The van der Waals surface area contributed by atoms with Crippen LogP contribution in [0.3, 0.4) is 0 Å². The van der Waals surface area contributed by atoms with E-state index in [1.165, 1.54) is 29.2 Å². The normalized spacial score (nSPS) is 17.1. The van der Waals surface area contributed by atoms with Gasteiger partial charge in [-0.1, -0.05) is 24.3 Å². The van der Waals surface area contributed by atoms with E-state index in [2.05, 4.69) is 0 Å². The molecule has 2 aromatic carbocycles. The molecule has 152 valence electrons. The Labute approximate surface area is 168 Å². The van der Waals surface area contributed by atoms with Gasteiger partial charge in [0, 0.05) is 18.0 Å². The highest BCUT2D eigenvalue weighted by molar-refractivity contribution is 5.96. The maximum Gasteiger partial charge on any atom is 0.336 e. The molecule has 0 saturated heterocycles. The van der Waals surface area contributed by atoms with Gasteiger partial charge in [0.1, 0.15) is 11.6 Å². The highest BCUT2D eigenvalue weighted by Crippen LogP contribution is 2.38. The SMILES string of the molecule is CC1=C(C(=O)OC(C)C)C(c2cccc(F)c2)CC(=O)N1Cc1cccc(F)c1. The van der Waals surface area contributed by atoms with Crippen molar-refractivity contribution >= 4 is 11.9 Å². The van der Waals surface area contributed by atoms with Crippen LogP contribution in [0.1, 0.15) is 44.2 Å². The van der Waals surface area contributed by atoms with Crippen molar-refractivity contribution in [1.29, 1.82) is 0 Å². The first-order valence-corrected chi connectivity index (χ1v) is 9.48. The molecule has 6 heteroatoms. The second kappa shape index (κ2) is 8.55. The van der Waals surface area contributed by atoms with Crippen LogP contribution in [0.15, 0.2) is 59.8 Å². The Balaban J connectivity index is 2.04. The lowest BCUT2D eigenvalue weighted by molar-refractivity contribution is -0.143. The summed E-state index contributed by atoms with van der Waals surface area (Å²) >= 11 is 0. The lowest BCUT2D eigenvalue weighted by Crippen LogP contribution is -2.38. The Kier molecular flexibility index (Phi) is 6.11. The fraction of sp³-hybridized carbons (Fsp3) is 0.304. The standard InChI is InChI=1S/C23H23F2NO3/c1-14(2)29-23(28)22-15(3)26(13-16-6-4-8-18(24)10-16)21(27)12-20(22)17-7-5-9-19(25)11-17/h4-11,14,20H,12-13H2,1-3H3. The summed E-state index contributed by atoms with van der Waals surface area (Å²) in [5, 5.41) is 0. The number of nitrogens with zero attached hydrogens (tertiary/aromatic N) is 1. The van der Waals surface area contributed by atoms with Gasteiger partial charge in [-0.25, -0.2) is 13.6 Å². The van der Waals surface area contributed by atoms with Crippen LogP contribution in [-0.2, 0) is 20.9 Å². The van der Waals surface area contributed by atoms with Gasteiger partial charge in [0.15, 0.2) is 0 Å². The number of halogens is 2. The second-order valence-corrected chi connectivity index (χ2v) is 7.37. The highest BCUT2D eigenvalue weighted by Gasteiger charge is 2.37. The van der Waals surface area contributed by atoms with Crippen molar-refractivity contribution in [2.75, 3.05) is 0 Å². The van der Waals surface area contributed by atoms with E-state index in [4.69, 9.17) is 4.74 Å². The molecule has 29 heavy (non-hydrogen) atoms. The van der Waals surface area contributed by atoms with Crippen LogP contribution < -0.4 is 0 Å². The Morgan fingerprint density at radius 2 is 1.79 bits per heavy atom. The van der Waals surface area contributed by atoms with Crippen LogP contribution in [0.2, 0.25) is 0 Å². The van der Waals surface area contributed by atoms with Gasteiger partial charge in [0.25, 0.3) is 0 Å². The molecule has 0 N–H and O–H groups in total. The van der Waals surface area contributed by atoms with Crippen molar-refractivity contribution < 1.29 is 23.1 Å². The Morgan fingerprint density at radius 1 is 1.14 bits per heavy atom. The van der Waals surface area contributed by atoms with Gasteiger partial charge < -0.3 is 9.64 Å². The molecule has 0 saturated carbocycles. The lowest BCUT2D eigenvalue weighted by Gasteiger charge is -2.34. The summed E-state index contributed by atoms with van der Waals surface area (Å²) in [5.74, 6) is -2.20. The zero-order chi connectivity index (χ0) is 21.1. The van der Waals surface area contributed by atoms with Gasteiger partial charge in [-0.05, 0) is 56.2 Å². The van der Waals surface area contributed by atoms with Crippen LogP contribution in [-0.4, -0.2) is 22.9 Å². The van der Waals surface area contributed by atoms with Crippen LogP contribution in [0.5, 0.6) is 0 Å². The number of hydrogen-bond donors (Lipinski definition) is 0. The summed E-state index contributed by atoms with van der Waals surface area (Å²) < 4.78 is 32.8. The van der Waals surface area contributed by atoms with Gasteiger partial charge in [0.05, 0.1) is 18.2 Å². The van der Waals surface area contributed by atoms with Gasteiger partial charge >= 0.3 is 5.97 Å². The van der Waals surface area contributed by atoms with Crippen molar-refractivity contribution in [2.24, 2.45) is 0 Å². The average molecular weight is 399 g/mol. The maximum atomic E-state index is 13.8. The Hall–Kier alpha value is -3.02. The van der Waals surface area contributed by atoms with E-state index in [9.17, 15) is 18.4 Å². The molecule has 0 aliphatic carbocycles. The van der Waals surface area contributed by atoms with Crippen molar-refractivity contribution in [3.05, 3.63) is 82.6 Å². The number of carbonyl (C=O) groups excluding carboxylic acids is 2. The van der Waals surface area contributed by atoms with Crippen molar-refractivity contribution in [1.82, 2.24) is 4.90 Å². The zero-order valence-corrected chi connectivity index (χ0v) is 16.6.